The van der Waals surface area contributed by atoms with E-state index in [1.54, 1.807) is 31.3 Å². The maximum absolute atomic E-state index is 12.5. The number of pyridine rings is 2. The van der Waals surface area contributed by atoms with Gasteiger partial charge in [-0.25, -0.2) is 4.98 Å². The molecule has 0 aromatic carbocycles. The van der Waals surface area contributed by atoms with Crippen LogP contribution in [-0.4, -0.2) is 15.7 Å². The van der Waals surface area contributed by atoms with Crippen LogP contribution < -0.4 is 5.43 Å². The third kappa shape index (κ3) is 3.91. The van der Waals surface area contributed by atoms with Gasteiger partial charge in [-0.15, -0.1) is 0 Å². The minimum Gasteiger partial charge on any atom is -0.260 e. The minimum atomic E-state index is -4.48. The second kappa shape index (κ2) is 6.09. The molecule has 0 spiro atoms. The highest BCUT2D eigenvalue weighted by Crippen LogP contribution is 2.32. The third-order valence-electron chi connectivity index (χ3n) is 2.53. The SMILES string of the molecule is C/C(=N/Nc1ncc(C(F)(F)F)cc1Cl)c1ccccn1. The summed E-state index contributed by atoms with van der Waals surface area (Å²) < 4.78 is 37.4. The third-order valence-corrected chi connectivity index (χ3v) is 2.82. The van der Waals surface area contributed by atoms with Crippen molar-refractivity contribution in [3.05, 3.63) is 52.9 Å². The highest BCUT2D eigenvalue weighted by molar-refractivity contribution is 6.33. The number of aromatic nitrogens is 2. The molecule has 0 aliphatic heterocycles. The van der Waals surface area contributed by atoms with Crippen LogP contribution in [0.4, 0.5) is 19.0 Å². The molecule has 0 fully saturated rings. The molecule has 21 heavy (non-hydrogen) atoms. The van der Waals surface area contributed by atoms with Gasteiger partial charge in [0.05, 0.1) is 22.0 Å². The van der Waals surface area contributed by atoms with Crippen LogP contribution in [0.15, 0.2) is 41.8 Å². The number of alkyl halides is 3. The van der Waals surface area contributed by atoms with E-state index in [0.717, 1.165) is 6.07 Å². The van der Waals surface area contributed by atoms with Gasteiger partial charge in [-0.1, -0.05) is 17.7 Å². The van der Waals surface area contributed by atoms with Crippen molar-refractivity contribution in [1.82, 2.24) is 9.97 Å². The Bertz CT molecular complexity index is 656. The van der Waals surface area contributed by atoms with Crippen LogP contribution in [0.1, 0.15) is 18.2 Å². The molecular weight excluding hydrogens is 305 g/mol. The van der Waals surface area contributed by atoms with Gasteiger partial charge in [0.25, 0.3) is 0 Å². The van der Waals surface area contributed by atoms with E-state index in [0.29, 0.717) is 17.6 Å². The van der Waals surface area contributed by atoms with Crippen LogP contribution in [0.3, 0.4) is 0 Å². The number of anilines is 1. The normalized spacial score (nSPS) is 12.3. The lowest BCUT2D eigenvalue weighted by Gasteiger charge is -2.09. The lowest BCUT2D eigenvalue weighted by atomic mass is 10.2. The second-order valence-electron chi connectivity index (χ2n) is 4.08. The van der Waals surface area contributed by atoms with Crippen molar-refractivity contribution in [2.45, 2.75) is 13.1 Å². The topological polar surface area (TPSA) is 50.2 Å². The predicted molar refractivity (Wildman–Crippen MR) is 74.3 cm³/mol. The highest BCUT2D eigenvalue weighted by Gasteiger charge is 2.31. The Morgan fingerprint density at radius 1 is 1.29 bits per heavy atom. The van der Waals surface area contributed by atoms with Crippen molar-refractivity contribution in [2.24, 2.45) is 5.10 Å². The van der Waals surface area contributed by atoms with Crippen LogP contribution in [0.25, 0.3) is 0 Å². The standard InChI is InChI=1S/C13H10ClF3N4/c1-8(11-4-2-3-5-18-11)20-21-12-10(14)6-9(7-19-12)13(15,16)17/h2-7H,1H3,(H,19,21)/b20-8-. The largest absolute Gasteiger partial charge is 0.417 e. The molecule has 110 valence electrons. The Hall–Kier alpha value is -2.15. The van der Waals surface area contributed by atoms with Crippen LogP contribution in [0, 0.1) is 0 Å². The number of nitrogens with one attached hydrogen (secondary N) is 1. The summed E-state index contributed by atoms with van der Waals surface area (Å²) in [6.45, 7) is 1.70. The average Bonchev–Trinajstić information content (AvgIpc) is 2.45. The molecule has 0 aliphatic rings. The first-order valence-corrected chi connectivity index (χ1v) is 6.20. The Kier molecular flexibility index (Phi) is 4.42. The molecule has 0 saturated heterocycles. The van der Waals surface area contributed by atoms with Crippen molar-refractivity contribution >= 4 is 23.1 Å². The predicted octanol–water partition coefficient (Wildman–Crippen LogP) is 3.98. The zero-order valence-corrected chi connectivity index (χ0v) is 11.6. The van der Waals surface area contributed by atoms with E-state index in [-0.39, 0.29) is 10.8 Å². The number of rotatable bonds is 3. The fourth-order valence-corrected chi connectivity index (χ4v) is 1.65. The summed E-state index contributed by atoms with van der Waals surface area (Å²) in [6, 6.07) is 6.11. The Labute approximate surface area is 123 Å². The molecule has 2 aromatic heterocycles. The fourth-order valence-electron chi connectivity index (χ4n) is 1.45. The van der Waals surface area contributed by atoms with Crippen molar-refractivity contribution in [1.29, 1.82) is 0 Å². The van der Waals surface area contributed by atoms with Gasteiger partial charge in [0.2, 0.25) is 0 Å². The first-order valence-electron chi connectivity index (χ1n) is 5.82. The summed E-state index contributed by atoms with van der Waals surface area (Å²) in [6.07, 6.45) is -2.18. The molecule has 2 aromatic rings. The number of hydrogen-bond donors (Lipinski definition) is 1. The molecule has 1 N–H and O–H groups in total. The van der Waals surface area contributed by atoms with Crippen molar-refractivity contribution in [3.63, 3.8) is 0 Å². The summed E-state index contributed by atoms with van der Waals surface area (Å²) in [5.41, 5.74) is 2.80. The zero-order valence-electron chi connectivity index (χ0n) is 10.8. The van der Waals surface area contributed by atoms with Gasteiger partial charge >= 0.3 is 6.18 Å². The van der Waals surface area contributed by atoms with Gasteiger partial charge in [-0.2, -0.15) is 18.3 Å². The molecule has 0 atom stereocenters. The van der Waals surface area contributed by atoms with E-state index in [9.17, 15) is 13.2 Å². The summed E-state index contributed by atoms with van der Waals surface area (Å²) in [7, 11) is 0. The molecule has 8 heteroatoms. The smallest absolute Gasteiger partial charge is 0.260 e. The summed E-state index contributed by atoms with van der Waals surface area (Å²) in [4.78, 5) is 7.71. The molecule has 0 unspecified atom stereocenters. The van der Waals surface area contributed by atoms with Crippen LogP contribution in [0.5, 0.6) is 0 Å². The highest BCUT2D eigenvalue weighted by atomic mass is 35.5. The number of halogens is 4. The lowest BCUT2D eigenvalue weighted by Crippen LogP contribution is -2.07. The number of nitrogens with zero attached hydrogens (tertiary/aromatic N) is 3. The van der Waals surface area contributed by atoms with Gasteiger partial charge in [0, 0.05) is 12.4 Å². The summed E-state index contributed by atoms with van der Waals surface area (Å²) in [5.74, 6) is 0.0416. The van der Waals surface area contributed by atoms with Gasteiger partial charge in [-0.3, -0.25) is 10.4 Å². The molecule has 0 amide bonds. The van der Waals surface area contributed by atoms with E-state index in [1.165, 1.54) is 0 Å². The van der Waals surface area contributed by atoms with Gasteiger partial charge in [0.1, 0.15) is 0 Å². The second-order valence-corrected chi connectivity index (χ2v) is 4.48. The van der Waals surface area contributed by atoms with Crippen LogP contribution in [-0.2, 0) is 6.18 Å². The number of hydrogen-bond acceptors (Lipinski definition) is 4. The van der Waals surface area contributed by atoms with Crippen molar-refractivity contribution in [3.8, 4) is 0 Å². The van der Waals surface area contributed by atoms with Crippen LogP contribution in [0.2, 0.25) is 5.02 Å². The number of hydrazone groups is 1. The maximum atomic E-state index is 12.5. The minimum absolute atomic E-state index is 0.0416. The molecule has 2 heterocycles. The van der Waals surface area contributed by atoms with Gasteiger partial charge < -0.3 is 0 Å². The van der Waals surface area contributed by atoms with Crippen molar-refractivity contribution in [2.75, 3.05) is 5.43 Å². The quantitative estimate of drug-likeness (QED) is 0.688. The Morgan fingerprint density at radius 3 is 2.62 bits per heavy atom. The summed E-state index contributed by atoms with van der Waals surface area (Å²) >= 11 is 5.76. The Morgan fingerprint density at radius 2 is 2.05 bits per heavy atom. The van der Waals surface area contributed by atoms with Gasteiger partial charge in [0.15, 0.2) is 5.82 Å². The molecule has 4 nitrogen and oxygen atoms in total. The molecular formula is C13H10ClF3N4. The van der Waals surface area contributed by atoms with E-state index < -0.39 is 11.7 Å². The fraction of sp³-hybridized carbons (Fsp3) is 0.154. The summed E-state index contributed by atoms with van der Waals surface area (Å²) in [5, 5.41) is 3.83. The monoisotopic (exact) mass is 314 g/mol. The van der Waals surface area contributed by atoms with E-state index in [2.05, 4.69) is 20.5 Å². The van der Waals surface area contributed by atoms with Gasteiger partial charge in [-0.05, 0) is 25.1 Å². The first-order chi connectivity index (χ1) is 9.88. The van der Waals surface area contributed by atoms with Crippen molar-refractivity contribution < 1.29 is 13.2 Å². The average molecular weight is 315 g/mol. The Balaban J connectivity index is 2.17. The molecule has 0 saturated carbocycles. The lowest BCUT2D eigenvalue weighted by molar-refractivity contribution is -0.137. The van der Waals surface area contributed by atoms with Crippen LogP contribution >= 0.6 is 11.6 Å². The van der Waals surface area contributed by atoms with E-state index in [1.807, 2.05) is 0 Å². The molecule has 2 rings (SSSR count). The zero-order chi connectivity index (χ0) is 15.5. The molecule has 0 bridgehead atoms. The molecule has 0 radical (unpaired) electrons. The maximum Gasteiger partial charge on any atom is 0.417 e. The molecule has 0 aliphatic carbocycles. The van der Waals surface area contributed by atoms with E-state index in [4.69, 9.17) is 11.6 Å². The van der Waals surface area contributed by atoms with E-state index >= 15 is 0 Å². The first kappa shape index (κ1) is 15.2.